The molecule has 0 radical (unpaired) electrons. The first-order valence-electron chi connectivity index (χ1n) is 13.3. The Labute approximate surface area is 242 Å². The molecular weight excluding hydrogens is 566 g/mol. The van der Waals surface area contributed by atoms with Gasteiger partial charge in [-0.25, -0.2) is 16.8 Å². The zero-order valence-corrected chi connectivity index (χ0v) is 24.8. The van der Waals surface area contributed by atoms with E-state index in [1.807, 2.05) is 30.3 Å². The molecule has 0 atom stereocenters. The number of carbonyl (C=O) groups is 1. The van der Waals surface area contributed by atoms with Gasteiger partial charge in [0.25, 0.3) is 0 Å². The van der Waals surface area contributed by atoms with Gasteiger partial charge in [0.1, 0.15) is 0 Å². The molecule has 4 rings (SSSR count). The largest absolute Gasteiger partial charge is 0.493 e. The standard InChI is InChI=1S/C29H35N3O7S2/c1-38-27-15-14-26(20-28(27)39-2)41(36,37)32(19-16-23-8-4-3-5-9-23)22-29(33)30-21-24-10-12-25(13-11-24)40(34,35)31-17-6-7-18-31/h3-5,8-15,20H,6-7,16-19,21-22H2,1-2H3,(H,30,33). The summed E-state index contributed by atoms with van der Waals surface area (Å²) in [6.45, 7) is 0.841. The highest BCUT2D eigenvalue weighted by molar-refractivity contribution is 7.89. The van der Waals surface area contributed by atoms with Crippen LogP contribution in [-0.2, 0) is 37.8 Å². The number of nitrogens with one attached hydrogen (secondary N) is 1. The SMILES string of the molecule is COc1ccc(S(=O)(=O)N(CCc2ccccc2)CC(=O)NCc2ccc(S(=O)(=O)N3CCCC3)cc2)cc1OC. The van der Waals surface area contributed by atoms with Crippen molar-refractivity contribution in [3.8, 4) is 11.5 Å². The minimum absolute atomic E-state index is 0.0224. The monoisotopic (exact) mass is 601 g/mol. The number of hydrogen-bond donors (Lipinski definition) is 1. The molecule has 0 aliphatic carbocycles. The van der Waals surface area contributed by atoms with Crippen LogP contribution in [0.1, 0.15) is 24.0 Å². The molecule has 220 valence electrons. The lowest BCUT2D eigenvalue weighted by molar-refractivity contribution is -0.121. The third-order valence-electron chi connectivity index (χ3n) is 6.92. The minimum atomic E-state index is -4.07. The van der Waals surface area contributed by atoms with Crippen LogP contribution in [0.4, 0.5) is 0 Å². The summed E-state index contributed by atoms with van der Waals surface area (Å²) in [6.07, 6.45) is 2.12. The summed E-state index contributed by atoms with van der Waals surface area (Å²) in [6, 6.07) is 20.1. The third kappa shape index (κ3) is 7.45. The zero-order valence-electron chi connectivity index (χ0n) is 23.2. The van der Waals surface area contributed by atoms with Crippen molar-refractivity contribution in [3.05, 3.63) is 83.9 Å². The highest BCUT2D eigenvalue weighted by Crippen LogP contribution is 2.30. The van der Waals surface area contributed by atoms with Crippen molar-refractivity contribution in [2.45, 2.75) is 35.6 Å². The van der Waals surface area contributed by atoms with Crippen molar-refractivity contribution < 1.29 is 31.1 Å². The normalized spacial score (nSPS) is 14.2. The molecule has 1 fully saturated rings. The van der Waals surface area contributed by atoms with Gasteiger partial charge in [-0.1, -0.05) is 42.5 Å². The van der Waals surface area contributed by atoms with Gasteiger partial charge in [0.05, 0.1) is 30.6 Å². The summed E-state index contributed by atoms with van der Waals surface area (Å²) in [5.74, 6) is 0.159. The number of sulfonamides is 2. The van der Waals surface area contributed by atoms with Gasteiger partial charge in [-0.05, 0) is 54.7 Å². The number of carbonyl (C=O) groups excluding carboxylic acids is 1. The molecule has 1 aliphatic rings. The Hall–Kier alpha value is -3.45. The summed E-state index contributed by atoms with van der Waals surface area (Å²) < 4.78 is 66.0. The van der Waals surface area contributed by atoms with E-state index < -0.39 is 32.5 Å². The van der Waals surface area contributed by atoms with Crippen LogP contribution < -0.4 is 14.8 Å². The van der Waals surface area contributed by atoms with Crippen molar-refractivity contribution >= 4 is 26.0 Å². The molecule has 0 spiro atoms. The third-order valence-corrected chi connectivity index (χ3v) is 10.7. The molecule has 41 heavy (non-hydrogen) atoms. The van der Waals surface area contributed by atoms with E-state index in [0.29, 0.717) is 30.8 Å². The lowest BCUT2D eigenvalue weighted by Gasteiger charge is -2.22. The lowest BCUT2D eigenvalue weighted by atomic mass is 10.1. The molecular formula is C29H35N3O7S2. The summed E-state index contributed by atoms with van der Waals surface area (Å²) in [4.78, 5) is 13.2. The number of benzene rings is 3. The second kappa shape index (κ2) is 13.5. The first-order valence-corrected chi connectivity index (χ1v) is 16.1. The van der Waals surface area contributed by atoms with Crippen LogP contribution in [0, 0.1) is 0 Å². The summed E-state index contributed by atoms with van der Waals surface area (Å²) in [5, 5.41) is 2.76. The molecule has 1 N–H and O–H groups in total. The zero-order chi connectivity index (χ0) is 29.5. The molecule has 12 heteroatoms. The van der Waals surface area contributed by atoms with E-state index in [1.54, 1.807) is 12.1 Å². The fraction of sp³-hybridized carbons (Fsp3) is 0.345. The number of nitrogens with zero attached hydrogens (tertiary/aromatic N) is 2. The number of hydrogen-bond acceptors (Lipinski definition) is 7. The fourth-order valence-corrected chi connectivity index (χ4v) is 7.51. The van der Waals surface area contributed by atoms with E-state index in [1.165, 1.54) is 48.9 Å². The fourth-order valence-electron chi connectivity index (χ4n) is 4.58. The van der Waals surface area contributed by atoms with Crippen LogP contribution in [0.15, 0.2) is 82.6 Å². The molecule has 10 nitrogen and oxygen atoms in total. The maximum Gasteiger partial charge on any atom is 0.243 e. The smallest absolute Gasteiger partial charge is 0.243 e. The summed E-state index contributed by atoms with van der Waals surface area (Å²) in [7, 11) is -4.72. The Kier molecular flexibility index (Phi) is 10.0. The van der Waals surface area contributed by atoms with Crippen LogP contribution >= 0.6 is 0 Å². The van der Waals surface area contributed by atoms with Gasteiger partial charge in [0.15, 0.2) is 11.5 Å². The topological polar surface area (TPSA) is 122 Å². The van der Waals surface area contributed by atoms with Crippen LogP contribution in [0.2, 0.25) is 0 Å². The van der Waals surface area contributed by atoms with Gasteiger partial charge in [-0.3, -0.25) is 4.79 Å². The molecule has 1 amide bonds. The van der Waals surface area contributed by atoms with Gasteiger partial charge in [0, 0.05) is 32.2 Å². The van der Waals surface area contributed by atoms with Gasteiger partial charge in [-0.15, -0.1) is 0 Å². The second-order valence-corrected chi connectivity index (χ2v) is 13.5. The average Bonchev–Trinajstić information content (AvgIpc) is 3.55. The first kappa shape index (κ1) is 30.5. The Morgan fingerprint density at radius 1 is 0.829 bits per heavy atom. The van der Waals surface area contributed by atoms with Crippen LogP contribution in [-0.4, -0.2) is 71.8 Å². The van der Waals surface area contributed by atoms with E-state index in [0.717, 1.165) is 22.7 Å². The van der Waals surface area contributed by atoms with Gasteiger partial charge in [0.2, 0.25) is 26.0 Å². The van der Waals surface area contributed by atoms with Crippen molar-refractivity contribution in [1.29, 1.82) is 0 Å². The molecule has 0 unspecified atom stereocenters. The van der Waals surface area contributed by atoms with Crippen molar-refractivity contribution in [2.75, 3.05) is 40.4 Å². The molecule has 0 aromatic heterocycles. The van der Waals surface area contributed by atoms with Crippen molar-refractivity contribution in [2.24, 2.45) is 0 Å². The van der Waals surface area contributed by atoms with Gasteiger partial charge in [-0.2, -0.15) is 8.61 Å². The molecule has 3 aromatic carbocycles. The highest BCUT2D eigenvalue weighted by atomic mass is 32.2. The molecule has 3 aromatic rings. The molecule has 1 saturated heterocycles. The Morgan fingerprint density at radius 3 is 2.10 bits per heavy atom. The second-order valence-electron chi connectivity index (χ2n) is 9.62. The van der Waals surface area contributed by atoms with Crippen LogP contribution in [0.5, 0.6) is 11.5 Å². The maximum atomic E-state index is 13.7. The quantitative estimate of drug-likeness (QED) is 0.320. The van der Waals surface area contributed by atoms with E-state index in [4.69, 9.17) is 9.47 Å². The lowest BCUT2D eigenvalue weighted by Crippen LogP contribution is -2.41. The number of amides is 1. The Morgan fingerprint density at radius 2 is 1.46 bits per heavy atom. The predicted octanol–water partition coefficient (Wildman–Crippen LogP) is 3.04. The molecule has 0 bridgehead atoms. The van der Waals surface area contributed by atoms with E-state index >= 15 is 0 Å². The van der Waals surface area contributed by atoms with Crippen molar-refractivity contribution in [1.82, 2.24) is 13.9 Å². The maximum absolute atomic E-state index is 13.7. The van der Waals surface area contributed by atoms with Crippen LogP contribution in [0.25, 0.3) is 0 Å². The van der Waals surface area contributed by atoms with Crippen molar-refractivity contribution in [3.63, 3.8) is 0 Å². The molecule has 1 heterocycles. The highest BCUT2D eigenvalue weighted by Gasteiger charge is 2.29. The number of ether oxygens (including phenoxy) is 2. The van der Waals surface area contributed by atoms with Gasteiger partial charge >= 0.3 is 0 Å². The summed E-state index contributed by atoms with van der Waals surface area (Å²) >= 11 is 0. The number of methoxy groups -OCH3 is 2. The van der Waals surface area contributed by atoms with Crippen LogP contribution in [0.3, 0.4) is 0 Å². The molecule has 0 saturated carbocycles. The summed E-state index contributed by atoms with van der Waals surface area (Å²) in [5.41, 5.74) is 1.63. The Bertz CT molecular complexity index is 1540. The van der Waals surface area contributed by atoms with E-state index in [-0.39, 0.29) is 28.6 Å². The predicted molar refractivity (Wildman–Crippen MR) is 155 cm³/mol. The van der Waals surface area contributed by atoms with Gasteiger partial charge < -0.3 is 14.8 Å². The van der Waals surface area contributed by atoms with E-state index in [9.17, 15) is 21.6 Å². The average molecular weight is 602 g/mol. The first-order chi connectivity index (χ1) is 19.6. The number of rotatable bonds is 13. The van der Waals surface area contributed by atoms with E-state index in [2.05, 4.69) is 5.32 Å². The Balaban J connectivity index is 1.46. The minimum Gasteiger partial charge on any atom is -0.493 e. The molecule has 1 aliphatic heterocycles.